The molecule has 28 heavy (non-hydrogen) atoms. The third kappa shape index (κ3) is 4.39. The Morgan fingerprint density at radius 1 is 1.29 bits per heavy atom. The second-order valence-electron chi connectivity index (χ2n) is 6.47. The largest absolute Gasteiger partial charge is 0.490 e. The van der Waals surface area contributed by atoms with Crippen LogP contribution in [0.3, 0.4) is 0 Å². The predicted octanol–water partition coefficient (Wildman–Crippen LogP) is 5.12. The summed E-state index contributed by atoms with van der Waals surface area (Å²) in [6.45, 7) is 8.21. The van der Waals surface area contributed by atoms with E-state index in [-0.39, 0.29) is 11.5 Å². The van der Waals surface area contributed by atoms with Gasteiger partial charge in [-0.1, -0.05) is 42.4 Å². The number of hydrogen-bond acceptors (Lipinski definition) is 4. The molecule has 3 rings (SSSR count). The van der Waals surface area contributed by atoms with Crippen molar-refractivity contribution in [1.29, 1.82) is 0 Å². The quantitative estimate of drug-likeness (QED) is 0.379. The molecule has 0 saturated heterocycles. The van der Waals surface area contributed by atoms with E-state index >= 15 is 0 Å². The lowest BCUT2D eigenvalue weighted by atomic mass is 10.1. The van der Waals surface area contributed by atoms with E-state index in [2.05, 4.69) is 34.5 Å². The maximum absolute atomic E-state index is 13.1. The SMILES string of the molecule is C=CCOc1ccc(C=Nn2c([C@H](C)CC)nc3ccc(Br)cc3c2=O)cc1. The van der Waals surface area contributed by atoms with Crippen molar-refractivity contribution < 1.29 is 4.74 Å². The number of ether oxygens (including phenoxy) is 1. The molecule has 0 bridgehead atoms. The lowest BCUT2D eigenvalue weighted by molar-refractivity contribution is 0.363. The highest BCUT2D eigenvalue weighted by Crippen LogP contribution is 2.21. The highest BCUT2D eigenvalue weighted by molar-refractivity contribution is 9.10. The standard InChI is InChI=1S/C22H22BrN3O2/c1-4-12-28-18-9-6-16(7-10-18)14-24-26-21(15(3)5-2)25-20-11-8-17(23)13-19(20)22(26)27/h4,6-11,13-15H,1,5,12H2,2-3H3/t15-/m1/s1. The van der Waals surface area contributed by atoms with Crippen LogP contribution in [0.1, 0.15) is 37.6 Å². The van der Waals surface area contributed by atoms with E-state index in [1.807, 2.05) is 43.3 Å². The van der Waals surface area contributed by atoms with Crippen LogP contribution in [-0.4, -0.2) is 22.5 Å². The minimum absolute atomic E-state index is 0.104. The van der Waals surface area contributed by atoms with Gasteiger partial charge in [0.25, 0.3) is 5.56 Å². The molecule has 3 aromatic rings. The van der Waals surface area contributed by atoms with Crippen molar-refractivity contribution in [3.63, 3.8) is 0 Å². The number of benzene rings is 2. The number of fused-ring (bicyclic) bond motifs is 1. The summed E-state index contributed by atoms with van der Waals surface area (Å²) < 4.78 is 7.73. The van der Waals surface area contributed by atoms with Gasteiger partial charge in [0.2, 0.25) is 0 Å². The van der Waals surface area contributed by atoms with Gasteiger partial charge in [-0.2, -0.15) is 9.78 Å². The molecule has 1 atom stereocenters. The van der Waals surface area contributed by atoms with Gasteiger partial charge in [0.05, 0.1) is 17.1 Å². The molecule has 5 nitrogen and oxygen atoms in total. The maximum atomic E-state index is 13.1. The van der Waals surface area contributed by atoms with Gasteiger partial charge in [0, 0.05) is 10.4 Å². The molecule has 0 radical (unpaired) electrons. The Balaban J connectivity index is 2.03. The number of rotatable bonds is 7. The molecule has 144 valence electrons. The third-order valence-electron chi connectivity index (χ3n) is 4.46. The fourth-order valence-corrected chi connectivity index (χ4v) is 3.07. The van der Waals surface area contributed by atoms with Crippen LogP contribution in [0, 0.1) is 0 Å². The molecule has 2 aromatic carbocycles. The Kier molecular flexibility index (Phi) is 6.41. The second kappa shape index (κ2) is 8.97. The summed E-state index contributed by atoms with van der Waals surface area (Å²) in [5.74, 6) is 1.52. The zero-order valence-electron chi connectivity index (χ0n) is 15.9. The van der Waals surface area contributed by atoms with Crippen molar-refractivity contribution in [2.75, 3.05) is 6.61 Å². The Morgan fingerprint density at radius 3 is 2.71 bits per heavy atom. The van der Waals surface area contributed by atoms with Gasteiger partial charge >= 0.3 is 0 Å². The molecular weight excluding hydrogens is 418 g/mol. The second-order valence-corrected chi connectivity index (χ2v) is 7.39. The maximum Gasteiger partial charge on any atom is 0.282 e. The lowest BCUT2D eigenvalue weighted by Gasteiger charge is -2.14. The molecule has 1 aromatic heterocycles. The zero-order chi connectivity index (χ0) is 20.1. The molecule has 0 N–H and O–H groups in total. The third-order valence-corrected chi connectivity index (χ3v) is 4.95. The molecule has 1 heterocycles. The summed E-state index contributed by atoms with van der Waals surface area (Å²) in [4.78, 5) is 17.8. The van der Waals surface area contributed by atoms with E-state index in [1.54, 1.807) is 18.4 Å². The summed E-state index contributed by atoms with van der Waals surface area (Å²) in [6, 6.07) is 13.0. The lowest BCUT2D eigenvalue weighted by Crippen LogP contribution is -2.23. The Hall–Kier alpha value is -2.73. The molecule has 0 unspecified atom stereocenters. The molecule has 0 aliphatic carbocycles. The number of aromatic nitrogens is 2. The first-order valence-corrected chi connectivity index (χ1v) is 9.93. The predicted molar refractivity (Wildman–Crippen MR) is 118 cm³/mol. The summed E-state index contributed by atoms with van der Waals surface area (Å²) in [5, 5.41) is 5.00. The van der Waals surface area contributed by atoms with Crippen LogP contribution in [-0.2, 0) is 0 Å². The van der Waals surface area contributed by atoms with Gasteiger partial charge < -0.3 is 4.74 Å². The Bertz CT molecular complexity index is 1070. The van der Waals surface area contributed by atoms with Gasteiger partial charge in [-0.05, 0) is 54.4 Å². The number of halogens is 1. The van der Waals surface area contributed by atoms with Crippen molar-refractivity contribution in [2.24, 2.45) is 5.10 Å². The highest BCUT2D eigenvalue weighted by Gasteiger charge is 2.15. The number of hydrogen-bond donors (Lipinski definition) is 0. The van der Waals surface area contributed by atoms with E-state index in [1.165, 1.54) is 4.68 Å². The van der Waals surface area contributed by atoms with Gasteiger partial charge in [-0.15, -0.1) is 0 Å². The van der Waals surface area contributed by atoms with Crippen molar-refractivity contribution in [3.8, 4) is 5.75 Å². The molecule has 0 amide bonds. The average Bonchev–Trinajstić information content (AvgIpc) is 2.72. The van der Waals surface area contributed by atoms with Crippen LogP contribution >= 0.6 is 15.9 Å². The van der Waals surface area contributed by atoms with Crippen LogP contribution in [0.15, 0.2) is 69.5 Å². The van der Waals surface area contributed by atoms with Crippen molar-refractivity contribution in [3.05, 3.63) is 81.3 Å². The fourth-order valence-electron chi connectivity index (χ4n) is 2.71. The number of nitrogens with zero attached hydrogens (tertiary/aromatic N) is 3. The summed E-state index contributed by atoms with van der Waals surface area (Å²) in [6.07, 6.45) is 4.22. The zero-order valence-corrected chi connectivity index (χ0v) is 17.5. The smallest absolute Gasteiger partial charge is 0.282 e. The summed E-state index contributed by atoms with van der Waals surface area (Å²) >= 11 is 3.42. The van der Waals surface area contributed by atoms with Crippen molar-refractivity contribution >= 4 is 33.0 Å². The van der Waals surface area contributed by atoms with Crippen LogP contribution in [0.2, 0.25) is 0 Å². The van der Waals surface area contributed by atoms with Crippen LogP contribution in [0.25, 0.3) is 10.9 Å². The van der Waals surface area contributed by atoms with E-state index < -0.39 is 0 Å². The first-order valence-electron chi connectivity index (χ1n) is 9.13. The minimum Gasteiger partial charge on any atom is -0.490 e. The normalized spacial score (nSPS) is 12.4. The molecule has 0 saturated carbocycles. The average molecular weight is 440 g/mol. The Morgan fingerprint density at radius 2 is 2.04 bits per heavy atom. The van der Waals surface area contributed by atoms with E-state index in [0.717, 1.165) is 22.2 Å². The molecule has 6 heteroatoms. The van der Waals surface area contributed by atoms with E-state index in [0.29, 0.717) is 23.3 Å². The molecule has 0 spiro atoms. The van der Waals surface area contributed by atoms with Gasteiger partial charge in [0.1, 0.15) is 18.2 Å². The molecule has 0 aliphatic heterocycles. The van der Waals surface area contributed by atoms with E-state index in [9.17, 15) is 4.79 Å². The first-order chi connectivity index (χ1) is 13.5. The van der Waals surface area contributed by atoms with Crippen LogP contribution in [0.5, 0.6) is 5.75 Å². The van der Waals surface area contributed by atoms with Gasteiger partial charge in [0.15, 0.2) is 0 Å². The topological polar surface area (TPSA) is 56.5 Å². The van der Waals surface area contributed by atoms with Crippen molar-refractivity contribution in [1.82, 2.24) is 9.66 Å². The first kappa shape index (κ1) is 20.0. The summed E-state index contributed by atoms with van der Waals surface area (Å²) in [7, 11) is 0. The molecule has 0 fully saturated rings. The van der Waals surface area contributed by atoms with Crippen LogP contribution in [0.4, 0.5) is 0 Å². The van der Waals surface area contributed by atoms with Crippen LogP contribution < -0.4 is 10.3 Å². The van der Waals surface area contributed by atoms with E-state index in [4.69, 9.17) is 9.72 Å². The Labute approximate surface area is 172 Å². The van der Waals surface area contributed by atoms with Gasteiger partial charge in [-0.25, -0.2) is 4.98 Å². The monoisotopic (exact) mass is 439 g/mol. The van der Waals surface area contributed by atoms with Gasteiger partial charge in [-0.3, -0.25) is 4.79 Å². The highest BCUT2D eigenvalue weighted by atomic mass is 79.9. The molecular formula is C22H22BrN3O2. The fraction of sp³-hybridized carbons (Fsp3) is 0.227. The minimum atomic E-state index is -0.177. The molecule has 0 aliphatic rings. The summed E-state index contributed by atoms with van der Waals surface area (Å²) in [5.41, 5.74) is 1.37. The van der Waals surface area contributed by atoms with Crippen molar-refractivity contribution in [2.45, 2.75) is 26.2 Å².